The number of benzene rings is 2. The molecule has 108 valence electrons. The van der Waals surface area contributed by atoms with Gasteiger partial charge in [-0.15, -0.1) is 0 Å². The molecule has 0 heterocycles. The molecule has 2 aromatic rings. The van der Waals surface area contributed by atoms with Crippen LogP contribution in [-0.2, 0) is 0 Å². The van der Waals surface area contributed by atoms with Gasteiger partial charge in [-0.2, -0.15) is 0 Å². The second-order valence-corrected chi connectivity index (χ2v) is 5.28. The van der Waals surface area contributed by atoms with Gasteiger partial charge in [0.1, 0.15) is 6.34 Å². The summed E-state index contributed by atoms with van der Waals surface area (Å²) in [4.78, 5) is 8.51. The van der Waals surface area contributed by atoms with E-state index in [9.17, 15) is 0 Å². The molecule has 0 amide bonds. The summed E-state index contributed by atoms with van der Waals surface area (Å²) in [6, 6.07) is 12.4. The maximum Gasteiger partial charge on any atom is 0.117 e. The topological polar surface area (TPSA) is 36.8 Å². The number of nitrogens with one attached hydrogen (secondary N) is 1. The van der Waals surface area contributed by atoms with Gasteiger partial charge in [0.2, 0.25) is 0 Å². The molecular weight excluding hydrogens is 258 g/mol. The highest BCUT2D eigenvalue weighted by Crippen LogP contribution is 2.18. The first kappa shape index (κ1) is 15.0. The Morgan fingerprint density at radius 1 is 0.857 bits per heavy atom. The van der Waals surface area contributed by atoms with Crippen LogP contribution in [0.2, 0.25) is 0 Å². The summed E-state index contributed by atoms with van der Waals surface area (Å²) < 4.78 is 0. The predicted octanol–water partition coefficient (Wildman–Crippen LogP) is 4.72. The smallest absolute Gasteiger partial charge is 0.117 e. The largest absolute Gasteiger partial charge is 0.346 e. The third kappa shape index (κ3) is 4.28. The number of nitrogens with zero attached hydrogens (tertiary/aromatic N) is 2. The molecule has 2 aromatic carbocycles. The van der Waals surface area contributed by atoms with E-state index in [-0.39, 0.29) is 0 Å². The summed E-state index contributed by atoms with van der Waals surface area (Å²) in [5, 5.41) is 3.17. The zero-order valence-corrected chi connectivity index (χ0v) is 13.0. The van der Waals surface area contributed by atoms with Crippen molar-refractivity contribution in [2.45, 2.75) is 27.7 Å². The quantitative estimate of drug-likeness (QED) is 0.638. The average Bonchev–Trinajstić information content (AvgIpc) is 2.42. The van der Waals surface area contributed by atoms with Crippen LogP contribution >= 0.6 is 0 Å². The summed E-state index contributed by atoms with van der Waals surface area (Å²) >= 11 is 0. The number of rotatable bonds is 4. The molecule has 0 aliphatic rings. The van der Waals surface area contributed by atoms with Gasteiger partial charge >= 0.3 is 0 Å². The predicted molar refractivity (Wildman–Crippen MR) is 92.1 cm³/mol. The Balaban J connectivity index is 1.97. The maximum absolute atomic E-state index is 4.35. The van der Waals surface area contributed by atoms with Crippen LogP contribution in [0.3, 0.4) is 0 Å². The summed E-state index contributed by atoms with van der Waals surface area (Å²) in [6.07, 6.45) is 3.22. The molecule has 0 atom stereocenters. The highest BCUT2D eigenvalue weighted by molar-refractivity contribution is 5.83. The molecule has 0 saturated heterocycles. The lowest BCUT2D eigenvalue weighted by Crippen LogP contribution is -1.97. The van der Waals surface area contributed by atoms with Crippen molar-refractivity contribution in [1.82, 2.24) is 0 Å². The minimum atomic E-state index is 0.948. The van der Waals surface area contributed by atoms with Crippen LogP contribution < -0.4 is 5.32 Å². The second kappa shape index (κ2) is 6.84. The van der Waals surface area contributed by atoms with Crippen LogP contribution in [0.15, 0.2) is 46.4 Å². The van der Waals surface area contributed by atoms with Crippen molar-refractivity contribution in [2.24, 2.45) is 9.98 Å². The van der Waals surface area contributed by atoms with Crippen molar-refractivity contribution in [1.29, 1.82) is 0 Å². The summed E-state index contributed by atoms with van der Waals surface area (Å²) in [5.74, 6) is 0. The van der Waals surface area contributed by atoms with Crippen LogP contribution in [0.25, 0.3) is 0 Å². The van der Waals surface area contributed by atoms with Crippen molar-refractivity contribution in [3.63, 3.8) is 0 Å². The fourth-order valence-corrected chi connectivity index (χ4v) is 2.16. The third-order valence-corrected chi connectivity index (χ3v) is 3.29. The molecular formula is C18H21N3. The molecule has 3 nitrogen and oxygen atoms in total. The Labute approximate surface area is 126 Å². The van der Waals surface area contributed by atoms with Crippen molar-refractivity contribution in [2.75, 3.05) is 5.32 Å². The standard InChI is InChI=1S/C18H21N3/c1-13-5-7-17(15(3)9-13)20-11-19-12-21-18-8-6-14(2)10-16(18)4/h5-12H,1-4H3,(H,19,20,21). The molecule has 0 aromatic heterocycles. The van der Waals surface area contributed by atoms with E-state index in [2.05, 4.69) is 73.3 Å². The highest BCUT2D eigenvalue weighted by atomic mass is 15.0. The van der Waals surface area contributed by atoms with Crippen LogP contribution in [0.5, 0.6) is 0 Å². The SMILES string of the molecule is Cc1ccc(N=CN=CNc2ccc(C)cc2C)c(C)c1. The zero-order valence-electron chi connectivity index (χ0n) is 13.0. The highest BCUT2D eigenvalue weighted by Gasteiger charge is 1.95. The van der Waals surface area contributed by atoms with Crippen LogP contribution in [0, 0.1) is 27.7 Å². The van der Waals surface area contributed by atoms with Gasteiger partial charge in [0, 0.05) is 5.69 Å². The van der Waals surface area contributed by atoms with Crippen LogP contribution in [-0.4, -0.2) is 12.7 Å². The fraction of sp³-hybridized carbons (Fsp3) is 0.222. The van der Waals surface area contributed by atoms with Crippen LogP contribution in [0.4, 0.5) is 11.4 Å². The van der Waals surface area contributed by atoms with Crippen molar-refractivity contribution < 1.29 is 0 Å². The minimum absolute atomic E-state index is 0.948. The first-order valence-corrected chi connectivity index (χ1v) is 7.01. The van der Waals surface area contributed by atoms with Gasteiger partial charge in [-0.1, -0.05) is 35.4 Å². The van der Waals surface area contributed by atoms with E-state index in [1.807, 2.05) is 6.07 Å². The van der Waals surface area contributed by atoms with Crippen molar-refractivity contribution >= 4 is 24.1 Å². The molecule has 0 aliphatic heterocycles. The van der Waals surface area contributed by atoms with E-state index in [4.69, 9.17) is 0 Å². The minimum Gasteiger partial charge on any atom is -0.346 e. The molecule has 21 heavy (non-hydrogen) atoms. The van der Waals surface area contributed by atoms with E-state index in [0.29, 0.717) is 0 Å². The lowest BCUT2D eigenvalue weighted by molar-refractivity contribution is 1.35. The molecule has 0 aliphatic carbocycles. The Morgan fingerprint density at radius 2 is 1.52 bits per heavy atom. The molecule has 0 unspecified atom stereocenters. The van der Waals surface area contributed by atoms with Gasteiger partial charge < -0.3 is 5.32 Å². The Morgan fingerprint density at radius 3 is 2.19 bits per heavy atom. The molecule has 3 heteroatoms. The van der Waals surface area contributed by atoms with Crippen molar-refractivity contribution in [3.05, 3.63) is 58.7 Å². The lowest BCUT2D eigenvalue weighted by Gasteiger charge is -2.05. The monoisotopic (exact) mass is 279 g/mol. The first-order chi connectivity index (χ1) is 10.1. The van der Waals surface area contributed by atoms with Gasteiger partial charge in [0.15, 0.2) is 0 Å². The van der Waals surface area contributed by atoms with Gasteiger partial charge in [-0.25, -0.2) is 9.98 Å². The number of anilines is 1. The number of hydrogen-bond donors (Lipinski definition) is 1. The molecule has 0 spiro atoms. The molecule has 1 N–H and O–H groups in total. The second-order valence-electron chi connectivity index (χ2n) is 5.28. The lowest BCUT2D eigenvalue weighted by atomic mass is 10.1. The summed E-state index contributed by atoms with van der Waals surface area (Å²) in [7, 11) is 0. The summed E-state index contributed by atoms with van der Waals surface area (Å²) in [6.45, 7) is 8.29. The normalized spacial score (nSPS) is 11.4. The van der Waals surface area contributed by atoms with E-state index in [1.54, 1.807) is 12.7 Å². The van der Waals surface area contributed by atoms with Gasteiger partial charge in [0.25, 0.3) is 0 Å². The Bertz CT molecular complexity index is 685. The van der Waals surface area contributed by atoms with Gasteiger partial charge in [-0.3, -0.25) is 0 Å². The van der Waals surface area contributed by atoms with E-state index >= 15 is 0 Å². The number of aryl methyl sites for hydroxylation is 4. The maximum atomic E-state index is 4.35. The molecule has 0 fully saturated rings. The average molecular weight is 279 g/mol. The molecule has 0 bridgehead atoms. The molecule has 0 radical (unpaired) electrons. The molecule has 2 rings (SSSR count). The van der Waals surface area contributed by atoms with Crippen molar-refractivity contribution in [3.8, 4) is 0 Å². The number of hydrogen-bond acceptors (Lipinski definition) is 1. The van der Waals surface area contributed by atoms with Gasteiger partial charge in [-0.05, 0) is 51.0 Å². The Kier molecular flexibility index (Phi) is 4.88. The van der Waals surface area contributed by atoms with Gasteiger partial charge in [0.05, 0.1) is 12.0 Å². The first-order valence-electron chi connectivity index (χ1n) is 7.01. The fourth-order valence-electron chi connectivity index (χ4n) is 2.16. The van der Waals surface area contributed by atoms with E-state index in [1.165, 1.54) is 16.7 Å². The van der Waals surface area contributed by atoms with E-state index in [0.717, 1.165) is 16.9 Å². The van der Waals surface area contributed by atoms with E-state index < -0.39 is 0 Å². The Hall–Kier alpha value is -2.42. The van der Waals surface area contributed by atoms with Crippen LogP contribution in [0.1, 0.15) is 22.3 Å². The number of aliphatic imine (C=N–C) groups is 2. The third-order valence-electron chi connectivity index (χ3n) is 3.29. The molecule has 0 saturated carbocycles. The summed E-state index contributed by atoms with van der Waals surface area (Å²) in [5.41, 5.74) is 6.86. The zero-order chi connectivity index (χ0) is 15.2.